The van der Waals surface area contributed by atoms with Crippen molar-refractivity contribution in [2.75, 3.05) is 33.3 Å². The molecular formula is C21H32N2O2. The van der Waals surface area contributed by atoms with Gasteiger partial charge in [-0.05, 0) is 69.3 Å². The van der Waals surface area contributed by atoms with Gasteiger partial charge in [-0.2, -0.15) is 0 Å². The van der Waals surface area contributed by atoms with E-state index in [2.05, 4.69) is 17.0 Å². The first-order valence-corrected chi connectivity index (χ1v) is 9.91. The van der Waals surface area contributed by atoms with E-state index in [0.717, 1.165) is 38.1 Å². The molecule has 0 aromatic heterocycles. The highest BCUT2D eigenvalue weighted by molar-refractivity contribution is 5.94. The maximum Gasteiger partial charge on any atom is 0.253 e. The van der Waals surface area contributed by atoms with Crippen LogP contribution in [0.4, 0.5) is 0 Å². The Morgan fingerprint density at radius 1 is 1.12 bits per heavy atom. The predicted molar refractivity (Wildman–Crippen MR) is 101 cm³/mol. The van der Waals surface area contributed by atoms with Crippen LogP contribution in [-0.2, 0) is 11.3 Å². The summed E-state index contributed by atoms with van der Waals surface area (Å²) >= 11 is 0. The Morgan fingerprint density at radius 2 is 1.88 bits per heavy atom. The fourth-order valence-corrected chi connectivity index (χ4v) is 3.82. The number of carbonyl (C=O) groups is 1. The van der Waals surface area contributed by atoms with E-state index in [1.54, 1.807) is 0 Å². The standard InChI is InChI=1S/C21H32N2O2/c1-22(15-12-20-7-3-6-16-25-20)21(24)19-10-8-18(9-11-19)17-23-13-4-2-5-14-23/h8-11,20H,2-7,12-17H2,1H3/t20-/m0/s1. The van der Waals surface area contributed by atoms with Crippen LogP contribution in [0.5, 0.6) is 0 Å². The minimum absolute atomic E-state index is 0.111. The number of hydrogen-bond donors (Lipinski definition) is 0. The van der Waals surface area contributed by atoms with Gasteiger partial charge in [-0.3, -0.25) is 9.69 Å². The van der Waals surface area contributed by atoms with Gasteiger partial charge < -0.3 is 9.64 Å². The zero-order valence-electron chi connectivity index (χ0n) is 15.6. The van der Waals surface area contributed by atoms with Crippen LogP contribution in [0.1, 0.15) is 60.9 Å². The van der Waals surface area contributed by atoms with E-state index in [1.165, 1.54) is 50.8 Å². The minimum Gasteiger partial charge on any atom is -0.378 e. The molecule has 3 rings (SSSR count). The van der Waals surface area contributed by atoms with Crippen molar-refractivity contribution in [2.24, 2.45) is 0 Å². The van der Waals surface area contributed by atoms with Crippen LogP contribution in [0, 0.1) is 0 Å². The van der Waals surface area contributed by atoms with E-state index >= 15 is 0 Å². The van der Waals surface area contributed by atoms with Crippen molar-refractivity contribution in [2.45, 2.75) is 57.6 Å². The Labute approximate surface area is 152 Å². The van der Waals surface area contributed by atoms with E-state index in [9.17, 15) is 4.79 Å². The van der Waals surface area contributed by atoms with E-state index in [4.69, 9.17) is 4.74 Å². The monoisotopic (exact) mass is 344 g/mol. The van der Waals surface area contributed by atoms with E-state index < -0.39 is 0 Å². The first-order chi connectivity index (χ1) is 12.2. The first kappa shape index (κ1) is 18.4. The van der Waals surface area contributed by atoms with Crippen molar-refractivity contribution in [3.05, 3.63) is 35.4 Å². The molecule has 0 spiro atoms. The van der Waals surface area contributed by atoms with Crippen molar-refractivity contribution in [1.82, 2.24) is 9.80 Å². The maximum atomic E-state index is 12.6. The van der Waals surface area contributed by atoms with E-state index in [0.29, 0.717) is 6.10 Å². The number of carbonyl (C=O) groups excluding carboxylic acids is 1. The van der Waals surface area contributed by atoms with Gasteiger partial charge in [0.2, 0.25) is 0 Å². The molecule has 0 saturated carbocycles. The average molecular weight is 344 g/mol. The average Bonchev–Trinajstić information content (AvgIpc) is 2.68. The van der Waals surface area contributed by atoms with Crippen LogP contribution in [0.3, 0.4) is 0 Å². The summed E-state index contributed by atoms with van der Waals surface area (Å²) in [6.07, 6.45) is 8.81. The highest BCUT2D eigenvalue weighted by Crippen LogP contribution is 2.17. The fraction of sp³-hybridized carbons (Fsp3) is 0.667. The van der Waals surface area contributed by atoms with Gasteiger partial charge in [-0.25, -0.2) is 0 Å². The van der Waals surface area contributed by atoms with Gasteiger partial charge in [0.15, 0.2) is 0 Å². The number of ether oxygens (including phenoxy) is 1. The number of amides is 1. The predicted octanol–water partition coefficient (Wildman–Crippen LogP) is 3.70. The second-order valence-corrected chi connectivity index (χ2v) is 7.54. The second-order valence-electron chi connectivity index (χ2n) is 7.54. The Bertz CT molecular complexity index is 531. The van der Waals surface area contributed by atoms with Gasteiger partial charge in [0.25, 0.3) is 5.91 Å². The molecule has 4 heteroatoms. The van der Waals surface area contributed by atoms with Crippen LogP contribution >= 0.6 is 0 Å². The van der Waals surface area contributed by atoms with Crippen LogP contribution in [0.15, 0.2) is 24.3 Å². The number of rotatable bonds is 6. The second kappa shape index (κ2) is 9.35. The molecule has 1 amide bonds. The Morgan fingerprint density at radius 3 is 2.56 bits per heavy atom. The van der Waals surface area contributed by atoms with Gasteiger partial charge in [-0.15, -0.1) is 0 Å². The summed E-state index contributed by atoms with van der Waals surface area (Å²) in [4.78, 5) is 16.9. The third-order valence-corrected chi connectivity index (χ3v) is 5.46. The highest BCUT2D eigenvalue weighted by atomic mass is 16.5. The third kappa shape index (κ3) is 5.55. The summed E-state index contributed by atoms with van der Waals surface area (Å²) in [7, 11) is 1.90. The Balaban J connectivity index is 1.47. The number of likely N-dealkylation sites (tertiary alicyclic amines) is 1. The number of nitrogens with zero attached hydrogens (tertiary/aromatic N) is 2. The number of benzene rings is 1. The molecule has 138 valence electrons. The Kier molecular flexibility index (Phi) is 6.88. The lowest BCUT2D eigenvalue weighted by Gasteiger charge is -2.26. The molecule has 2 aliphatic rings. The fourth-order valence-electron chi connectivity index (χ4n) is 3.82. The van der Waals surface area contributed by atoms with Crippen LogP contribution in [-0.4, -0.2) is 55.1 Å². The molecular weight excluding hydrogens is 312 g/mol. The number of piperidine rings is 1. The molecule has 25 heavy (non-hydrogen) atoms. The summed E-state index contributed by atoms with van der Waals surface area (Å²) in [5.41, 5.74) is 2.09. The third-order valence-electron chi connectivity index (χ3n) is 5.46. The molecule has 0 aliphatic carbocycles. The zero-order chi connectivity index (χ0) is 17.5. The smallest absolute Gasteiger partial charge is 0.253 e. The minimum atomic E-state index is 0.111. The van der Waals surface area contributed by atoms with E-state index in [-0.39, 0.29) is 5.91 Å². The normalized spacial score (nSPS) is 21.9. The quantitative estimate of drug-likeness (QED) is 0.789. The van der Waals surface area contributed by atoms with Crippen LogP contribution in [0.2, 0.25) is 0 Å². The lowest BCUT2D eigenvalue weighted by Crippen LogP contribution is -2.31. The molecule has 0 unspecified atom stereocenters. The van der Waals surface area contributed by atoms with Crippen molar-refractivity contribution >= 4 is 5.91 Å². The molecule has 0 radical (unpaired) electrons. The van der Waals surface area contributed by atoms with Crippen molar-refractivity contribution in [1.29, 1.82) is 0 Å². The molecule has 1 aromatic rings. The largest absolute Gasteiger partial charge is 0.378 e. The van der Waals surface area contributed by atoms with Crippen molar-refractivity contribution < 1.29 is 9.53 Å². The zero-order valence-corrected chi connectivity index (χ0v) is 15.6. The van der Waals surface area contributed by atoms with Gasteiger partial charge in [0, 0.05) is 32.3 Å². The van der Waals surface area contributed by atoms with Crippen molar-refractivity contribution in [3.8, 4) is 0 Å². The van der Waals surface area contributed by atoms with E-state index in [1.807, 2.05) is 24.1 Å². The van der Waals surface area contributed by atoms with Gasteiger partial charge in [-0.1, -0.05) is 18.6 Å². The van der Waals surface area contributed by atoms with Gasteiger partial charge in [0.1, 0.15) is 0 Å². The van der Waals surface area contributed by atoms with Crippen LogP contribution in [0.25, 0.3) is 0 Å². The topological polar surface area (TPSA) is 32.8 Å². The lowest BCUT2D eigenvalue weighted by atomic mass is 10.1. The first-order valence-electron chi connectivity index (χ1n) is 9.91. The molecule has 2 fully saturated rings. The Hall–Kier alpha value is -1.39. The summed E-state index contributed by atoms with van der Waals surface area (Å²) in [6.45, 7) is 5.04. The molecule has 2 aliphatic heterocycles. The molecule has 1 aromatic carbocycles. The maximum absolute atomic E-state index is 12.6. The SMILES string of the molecule is CN(CC[C@@H]1CCCCO1)C(=O)c1ccc(CN2CCCCC2)cc1. The molecule has 2 saturated heterocycles. The summed E-state index contributed by atoms with van der Waals surface area (Å²) in [6, 6.07) is 8.18. The molecule has 4 nitrogen and oxygen atoms in total. The van der Waals surface area contributed by atoms with Gasteiger partial charge in [0.05, 0.1) is 6.10 Å². The summed E-state index contributed by atoms with van der Waals surface area (Å²) < 4.78 is 5.76. The highest BCUT2D eigenvalue weighted by Gasteiger charge is 2.17. The van der Waals surface area contributed by atoms with Gasteiger partial charge >= 0.3 is 0 Å². The van der Waals surface area contributed by atoms with Crippen LogP contribution < -0.4 is 0 Å². The lowest BCUT2D eigenvalue weighted by molar-refractivity contribution is 0.00709. The summed E-state index contributed by atoms with van der Waals surface area (Å²) in [5, 5.41) is 0. The number of hydrogen-bond acceptors (Lipinski definition) is 3. The summed E-state index contributed by atoms with van der Waals surface area (Å²) in [5.74, 6) is 0.111. The molecule has 0 bridgehead atoms. The molecule has 1 atom stereocenters. The molecule has 0 N–H and O–H groups in total. The molecule has 2 heterocycles. The van der Waals surface area contributed by atoms with Crippen molar-refractivity contribution in [3.63, 3.8) is 0 Å².